The van der Waals surface area contributed by atoms with Gasteiger partial charge in [-0.2, -0.15) is 0 Å². The van der Waals surface area contributed by atoms with Crippen molar-refractivity contribution in [3.63, 3.8) is 0 Å². The Labute approximate surface area is 76.9 Å². The average molecular weight is 178 g/mol. The van der Waals surface area contributed by atoms with Gasteiger partial charge in [0.2, 0.25) is 6.08 Å². The summed E-state index contributed by atoms with van der Waals surface area (Å²) in [6.45, 7) is 0.435. The second kappa shape index (κ2) is 8.68. The van der Waals surface area contributed by atoms with Crippen molar-refractivity contribution < 1.29 is 14.8 Å². The smallest absolute Gasteiger partial charge is 0.429 e. The summed E-state index contributed by atoms with van der Waals surface area (Å²) >= 11 is 0. The SMILES string of the molecule is O=C=NCc1ccccc1.O[B]O. The first-order chi connectivity index (χ1) is 6.35. The molecule has 0 aliphatic carbocycles. The standard InChI is InChI=1S/C8H7NO.BH2O2/c10-7-9-6-8-4-2-1-3-5-8;2-1-3/h1-5H,6H2;2-3H. The Balaban J connectivity index is 0.000000424. The van der Waals surface area contributed by atoms with Gasteiger partial charge < -0.3 is 10.0 Å². The minimum atomic E-state index is 0. The number of nitrogens with zero attached hydrogens (tertiary/aromatic N) is 1. The molecule has 1 radical (unpaired) electrons. The monoisotopic (exact) mass is 178 g/mol. The van der Waals surface area contributed by atoms with Gasteiger partial charge in [0.25, 0.3) is 0 Å². The molecule has 67 valence electrons. The zero-order chi connectivity index (χ0) is 9.94. The van der Waals surface area contributed by atoms with Crippen LogP contribution in [0.15, 0.2) is 35.3 Å². The van der Waals surface area contributed by atoms with E-state index in [0.717, 1.165) is 5.56 Å². The van der Waals surface area contributed by atoms with Crippen LogP contribution in [-0.2, 0) is 11.3 Å². The molecule has 0 bridgehead atoms. The van der Waals surface area contributed by atoms with Crippen molar-refractivity contribution in [1.82, 2.24) is 0 Å². The van der Waals surface area contributed by atoms with Gasteiger partial charge in [-0.1, -0.05) is 30.3 Å². The molecule has 0 saturated heterocycles. The molecule has 13 heavy (non-hydrogen) atoms. The van der Waals surface area contributed by atoms with Crippen LogP contribution in [0.2, 0.25) is 0 Å². The van der Waals surface area contributed by atoms with E-state index in [-0.39, 0.29) is 7.69 Å². The Morgan fingerprint density at radius 2 is 1.85 bits per heavy atom. The maximum Gasteiger partial charge on any atom is 0.482 e. The molecule has 0 saturated carbocycles. The van der Waals surface area contributed by atoms with Crippen LogP contribution in [0.25, 0.3) is 0 Å². The van der Waals surface area contributed by atoms with Gasteiger partial charge >= 0.3 is 7.69 Å². The largest absolute Gasteiger partial charge is 0.482 e. The summed E-state index contributed by atoms with van der Waals surface area (Å²) in [6, 6.07) is 9.58. The molecule has 0 heterocycles. The minimum Gasteiger partial charge on any atom is -0.429 e. The van der Waals surface area contributed by atoms with E-state index >= 15 is 0 Å². The highest BCUT2D eigenvalue weighted by Crippen LogP contribution is 1.98. The number of isocyanates is 1. The molecule has 0 amide bonds. The Kier molecular flexibility index (Phi) is 7.73. The fourth-order valence-electron chi connectivity index (χ4n) is 0.707. The summed E-state index contributed by atoms with van der Waals surface area (Å²) in [6.07, 6.45) is 1.49. The maximum atomic E-state index is 9.69. The van der Waals surface area contributed by atoms with E-state index in [1.807, 2.05) is 30.3 Å². The van der Waals surface area contributed by atoms with Crippen LogP contribution in [0.3, 0.4) is 0 Å². The number of benzene rings is 1. The zero-order valence-electron chi connectivity index (χ0n) is 6.92. The third kappa shape index (κ3) is 6.96. The Hall–Kier alpha value is -1.42. The van der Waals surface area contributed by atoms with Crippen LogP contribution in [0, 0.1) is 0 Å². The summed E-state index contributed by atoms with van der Waals surface area (Å²) in [5.74, 6) is 0. The molecule has 1 rings (SSSR count). The van der Waals surface area contributed by atoms with E-state index < -0.39 is 0 Å². The minimum absolute atomic E-state index is 0. The van der Waals surface area contributed by atoms with E-state index in [0.29, 0.717) is 6.54 Å². The highest BCUT2D eigenvalue weighted by molar-refractivity contribution is 6.13. The lowest BCUT2D eigenvalue weighted by atomic mass is 10.2. The summed E-state index contributed by atoms with van der Waals surface area (Å²) in [7, 11) is 0. The first-order valence-corrected chi connectivity index (χ1v) is 3.52. The molecule has 1 aromatic rings. The summed E-state index contributed by atoms with van der Waals surface area (Å²) in [5.41, 5.74) is 1.03. The third-order valence-electron chi connectivity index (χ3n) is 1.17. The fourth-order valence-corrected chi connectivity index (χ4v) is 0.707. The zero-order valence-corrected chi connectivity index (χ0v) is 6.92. The predicted octanol–water partition coefficient (Wildman–Crippen LogP) is 0.0276. The van der Waals surface area contributed by atoms with Gasteiger partial charge in [0.05, 0.1) is 6.54 Å². The van der Waals surface area contributed by atoms with Gasteiger partial charge in [0.15, 0.2) is 0 Å². The van der Waals surface area contributed by atoms with E-state index in [1.165, 1.54) is 6.08 Å². The molecule has 0 aliphatic rings. The molecule has 2 N–H and O–H groups in total. The Morgan fingerprint density at radius 1 is 1.31 bits per heavy atom. The molecule has 0 aromatic heterocycles. The quantitative estimate of drug-likeness (QED) is 0.381. The first-order valence-electron chi connectivity index (χ1n) is 3.52. The Morgan fingerprint density at radius 3 is 2.31 bits per heavy atom. The molecular formula is C8H9BNO3. The molecule has 4 nitrogen and oxygen atoms in total. The van der Waals surface area contributed by atoms with Crippen molar-refractivity contribution >= 4 is 13.8 Å². The lowest BCUT2D eigenvalue weighted by molar-refractivity contribution is 0.448. The second-order valence-corrected chi connectivity index (χ2v) is 2.01. The van der Waals surface area contributed by atoms with E-state index in [2.05, 4.69) is 4.99 Å². The molecule has 0 unspecified atom stereocenters. The first kappa shape index (κ1) is 11.6. The van der Waals surface area contributed by atoms with Crippen molar-refractivity contribution in [2.75, 3.05) is 0 Å². The summed E-state index contributed by atoms with van der Waals surface area (Å²) in [4.78, 5) is 13.1. The molecule has 5 heteroatoms. The number of aliphatic imine (C=N–C) groups is 1. The Bertz CT molecular complexity index is 259. The van der Waals surface area contributed by atoms with Gasteiger partial charge in [-0.05, 0) is 5.56 Å². The highest BCUT2D eigenvalue weighted by atomic mass is 16.4. The van der Waals surface area contributed by atoms with Gasteiger partial charge in [0, 0.05) is 0 Å². The summed E-state index contributed by atoms with van der Waals surface area (Å²) in [5, 5.41) is 14.0. The average Bonchev–Trinajstić information content (AvgIpc) is 2.18. The van der Waals surface area contributed by atoms with Gasteiger partial charge in [-0.25, -0.2) is 9.79 Å². The van der Waals surface area contributed by atoms with Crippen molar-refractivity contribution in [2.24, 2.45) is 4.99 Å². The number of carbonyl (C=O) groups excluding carboxylic acids is 1. The maximum absolute atomic E-state index is 9.69. The van der Waals surface area contributed by atoms with Gasteiger partial charge in [-0.3, -0.25) is 0 Å². The van der Waals surface area contributed by atoms with Crippen molar-refractivity contribution in [1.29, 1.82) is 0 Å². The second-order valence-electron chi connectivity index (χ2n) is 2.01. The molecule has 1 aromatic carbocycles. The molecule has 0 atom stereocenters. The van der Waals surface area contributed by atoms with E-state index in [1.54, 1.807) is 0 Å². The molecule has 0 aliphatic heterocycles. The summed E-state index contributed by atoms with van der Waals surface area (Å²) < 4.78 is 0. The molecule has 0 fully saturated rings. The van der Waals surface area contributed by atoms with Gasteiger partial charge in [0.1, 0.15) is 0 Å². The predicted molar refractivity (Wildman–Crippen MR) is 48.5 cm³/mol. The van der Waals surface area contributed by atoms with Crippen molar-refractivity contribution in [2.45, 2.75) is 6.54 Å². The number of rotatable bonds is 2. The topological polar surface area (TPSA) is 69.9 Å². The van der Waals surface area contributed by atoms with Crippen molar-refractivity contribution in [3.8, 4) is 0 Å². The number of hydrogen-bond acceptors (Lipinski definition) is 4. The lowest BCUT2D eigenvalue weighted by Gasteiger charge is -1.89. The van der Waals surface area contributed by atoms with Crippen LogP contribution in [0.5, 0.6) is 0 Å². The van der Waals surface area contributed by atoms with E-state index in [4.69, 9.17) is 10.0 Å². The van der Waals surface area contributed by atoms with Crippen LogP contribution >= 0.6 is 0 Å². The molecule has 0 spiro atoms. The third-order valence-corrected chi connectivity index (χ3v) is 1.17. The lowest BCUT2D eigenvalue weighted by Crippen LogP contribution is -1.77. The van der Waals surface area contributed by atoms with Crippen LogP contribution in [-0.4, -0.2) is 23.8 Å². The van der Waals surface area contributed by atoms with E-state index in [9.17, 15) is 4.79 Å². The number of hydrogen-bond donors (Lipinski definition) is 2. The van der Waals surface area contributed by atoms with Crippen LogP contribution in [0.4, 0.5) is 0 Å². The van der Waals surface area contributed by atoms with Gasteiger partial charge in [-0.15, -0.1) is 0 Å². The fraction of sp³-hybridized carbons (Fsp3) is 0.125. The van der Waals surface area contributed by atoms with Crippen LogP contribution < -0.4 is 0 Å². The van der Waals surface area contributed by atoms with Crippen LogP contribution in [0.1, 0.15) is 5.56 Å². The van der Waals surface area contributed by atoms with Crippen molar-refractivity contribution in [3.05, 3.63) is 35.9 Å². The molecular weight excluding hydrogens is 169 g/mol. The highest BCUT2D eigenvalue weighted by Gasteiger charge is 1.84. The normalized spacial score (nSPS) is 7.54.